The molecule has 5 rings (SSSR count). The lowest BCUT2D eigenvalue weighted by Gasteiger charge is -2.12. The SMILES string of the molecule is FC(F)(F)c1ccccc1-c1ccc(-c2cc(-c3ccccc3Cl)nnc2-c2ccccc2Cl)o1. The minimum atomic E-state index is -4.53. The number of alkyl halides is 3. The third-order valence-electron chi connectivity index (χ3n) is 5.44. The molecule has 0 fully saturated rings. The predicted molar refractivity (Wildman–Crippen MR) is 131 cm³/mol. The largest absolute Gasteiger partial charge is 0.456 e. The summed E-state index contributed by atoms with van der Waals surface area (Å²) >= 11 is 12.8. The van der Waals surface area contributed by atoms with E-state index in [0.29, 0.717) is 43.9 Å². The average molecular weight is 511 g/mol. The van der Waals surface area contributed by atoms with Crippen LogP contribution in [0, 0.1) is 0 Å². The van der Waals surface area contributed by atoms with Crippen molar-refractivity contribution in [2.75, 3.05) is 0 Å². The highest BCUT2D eigenvalue weighted by Crippen LogP contribution is 2.41. The van der Waals surface area contributed by atoms with Gasteiger partial charge in [-0.05, 0) is 36.4 Å². The van der Waals surface area contributed by atoms with Crippen LogP contribution in [0.3, 0.4) is 0 Å². The van der Waals surface area contributed by atoms with Gasteiger partial charge < -0.3 is 4.42 Å². The highest BCUT2D eigenvalue weighted by atomic mass is 35.5. The lowest BCUT2D eigenvalue weighted by molar-refractivity contribution is -0.137. The summed E-state index contributed by atoms with van der Waals surface area (Å²) in [4.78, 5) is 0. The van der Waals surface area contributed by atoms with Gasteiger partial charge in [-0.3, -0.25) is 0 Å². The smallest absolute Gasteiger partial charge is 0.417 e. The van der Waals surface area contributed by atoms with E-state index in [1.54, 1.807) is 48.5 Å². The van der Waals surface area contributed by atoms with Crippen molar-refractivity contribution in [3.63, 3.8) is 0 Å². The van der Waals surface area contributed by atoms with Gasteiger partial charge >= 0.3 is 6.18 Å². The molecule has 0 saturated carbocycles. The normalized spacial score (nSPS) is 11.6. The second kappa shape index (κ2) is 9.21. The Bertz CT molecular complexity index is 1530. The Balaban J connectivity index is 1.70. The highest BCUT2D eigenvalue weighted by molar-refractivity contribution is 6.33. The lowest BCUT2D eigenvalue weighted by atomic mass is 10.0. The fourth-order valence-corrected chi connectivity index (χ4v) is 4.26. The van der Waals surface area contributed by atoms with Crippen molar-refractivity contribution in [3.05, 3.63) is 107 Å². The zero-order chi connectivity index (χ0) is 24.6. The van der Waals surface area contributed by atoms with E-state index in [-0.39, 0.29) is 11.3 Å². The van der Waals surface area contributed by atoms with Crippen LogP contribution >= 0.6 is 23.2 Å². The molecule has 0 aliphatic heterocycles. The Hall–Kier alpha value is -3.61. The van der Waals surface area contributed by atoms with Crippen LogP contribution in [0.1, 0.15) is 5.56 Å². The minimum absolute atomic E-state index is 0.0566. The Morgan fingerprint density at radius 3 is 1.77 bits per heavy atom. The quantitative estimate of drug-likeness (QED) is 0.242. The van der Waals surface area contributed by atoms with E-state index in [0.717, 1.165) is 6.07 Å². The van der Waals surface area contributed by atoms with Crippen LogP contribution in [0.15, 0.2) is 95.4 Å². The molecule has 2 aromatic heterocycles. The summed E-state index contributed by atoms with van der Waals surface area (Å²) in [7, 11) is 0. The third-order valence-corrected chi connectivity index (χ3v) is 6.10. The summed E-state index contributed by atoms with van der Waals surface area (Å²) in [5, 5.41) is 9.68. The van der Waals surface area contributed by atoms with E-state index in [2.05, 4.69) is 10.2 Å². The Labute approximate surface area is 208 Å². The maximum Gasteiger partial charge on any atom is 0.417 e. The molecule has 35 heavy (non-hydrogen) atoms. The Morgan fingerprint density at radius 2 is 1.14 bits per heavy atom. The summed E-state index contributed by atoms with van der Waals surface area (Å²) < 4.78 is 46.7. The van der Waals surface area contributed by atoms with Crippen LogP contribution in [0.5, 0.6) is 0 Å². The van der Waals surface area contributed by atoms with Crippen LogP contribution in [0.2, 0.25) is 10.0 Å². The van der Waals surface area contributed by atoms with Gasteiger partial charge in [-0.1, -0.05) is 77.8 Å². The highest BCUT2D eigenvalue weighted by Gasteiger charge is 2.34. The molecule has 0 saturated heterocycles. The number of hydrogen-bond acceptors (Lipinski definition) is 3. The van der Waals surface area contributed by atoms with Crippen LogP contribution in [-0.4, -0.2) is 10.2 Å². The zero-order valence-electron chi connectivity index (χ0n) is 17.9. The van der Waals surface area contributed by atoms with E-state index in [4.69, 9.17) is 27.6 Å². The maximum atomic E-state index is 13.6. The molecule has 0 aliphatic carbocycles. The molecule has 0 atom stereocenters. The van der Waals surface area contributed by atoms with Crippen molar-refractivity contribution in [1.82, 2.24) is 10.2 Å². The van der Waals surface area contributed by atoms with E-state index < -0.39 is 11.7 Å². The minimum Gasteiger partial charge on any atom is -0.456 e. The second-order valence-electron chi connectivity index (χ2n) is 7.66. The molecule has 5 aromatic rings. The zero-order valence-corrected chi connectivity index (χ0v) is 19.4. The van der Waals surface area contributed by atoms with Crippen molar-refractivity contribution in [1.29, 1.82) is 0 Å². The van der Waals surface area contributed by atoms with Crippen molar-refractivity contribution in [2.24, 2.45) is 0 Å². The summed E-state index contributed by atoms with van der Waals surface area (Å²) in [6.45, 7) is 0. The van der Waals surface area contributed by atoms with Gasteiger partial charge in [0, 0.05) is 22.3 Å². The molecular formula is C27H15Cl2F3N2O. The topological polar surface area (TPSA) is 38.9 Å². The third kappa shape index (κ3) is 4.55. The molecular weight excluding hydrogens is 496 g/mol. The second-order valence-corrected chi connectivity index (χ2v) is 8.47. The van der Waals surface area contributed by atoms with Crippen LogP contribution < -0.4 is 0 Å². The number of benzene rings is 3. The van der Waals surface area contributed by atoms with E-state index in [1.165, 1.54) is 24.3 Å². The lowest BCUT2D eigenvalue weighted by Crippen LogP contribution is -2.06. The van der Waals surface area contributed by atoms with E-state index >= 15 is 0 Å². The monoisotopic (exact) mass is 510 g/mol. The molecule has 0 spiro atoms. The first-order valence-electron chi connectivity index (χ1n) is 10.5. The first-order chi connectivity index (χ1) is 16.8. The first-order valence-corrected chi connectivity index (χ1v) is 11.2. The summed E-state index contributed by atoms with van der Waals surface area (Å²) in [5.74, 6) is 0.393. The molecule has 0 bridgehead atoms. The molecule has 3 nitrogen and oxygen atoms in total. The van der Waals surface area contributed by atoms with Crippen molar-refractivity contribution >= 4 is 23.2 Å². The van der Waals surface area contributed by atoms with E-state index in [1.807, 2.05) is 12.1 Å². The van der Waals surface area contributed by atoms with Crippen molar-refractivity contribution in [3.8, 4) is 45.2 Å². The fourth-order valence-electron chi connectivity index (χ4n) is 3.80. The summed E-state index contributed by atoms with van der Waals surface area (Å²) in [5.41, 5.74) is 1.85. The van der Waals surface area contributed by atoms with Gasteiger partial charge in [-0.2, -0.15) is 13.2 Å². The van der Waals surface area contributed by atoms with E-state index in [9.17, 15) is 13.2 Å². The summed E-state index contributed by atoms with van der Waals surface area (Å²) in [6, 6.07) is 24.4. The number of aromatic nitrogens is 2. The van der Waals surface area contributed by atoms with Gasteiger partial charge in [0.05, 0.1) is 21.3 Å². The van der Waals surface area contributed by atoms with Gasteiger partial charge in [-0.15, -0.1) is 10.2 Å². The summed E-state index contributed by atoms with van der Waals surface area (Å²) in [6.07, 6.45) is -4.53. The predicted octanol–water partition coefficient (Wildman–Crippen LogP) is 9.06. The Morgan fingerprint density at radius 1 is 0.600 bits per heavy atom. The molecule has 0 unspecified atom stereocenters. The fraction of sp³-hybridized carbons (Fsp3) is 0.0370. The van der Waals surface area contributed by atoms with Gasteiger partial charge in [0.15, 0.2) is 0 Å². The standard InChI is InChI=1S/C27H15Cl2F3N2O/c28-21-11-5-2-8-17(21)23-15-19(26(34-33-23)18-9-3-6-12-22(18)29)25-14-13-24(35-25)16-7-1-4-10-20(16)27(30,31)32/h1-15H. The van der Waals surface area contributed by atoms with Gasteiger partial charge in [0.25, 0.3) is 0 Å². The van der Waals surface area contributed by atoms with Gasteiger partial charge in [0.2, 0.25) is 0 Å². The number of rotatable bonds is 4. The molecule has 3 aromatic carbocycles. The molecule has 174 valence electrons. The molecule has 8 heteroatoms. The van der Waals surface area contributed by atoms with Gasteiger partial charge in [0.1, 0.15) is 17.2 Å². The molecule has 0 radical (unpaired) electrons. The maximum absolute atomic E-state index is 13.6. The Kier molecular flexibility index (Phi) is 6.09. The van der Waals surface area contributed by atoms with Crippen molar-refractivity contribution in [2.45, 2.75) is 6.18 Å². The number of halogens is 5. The molecule has 2 heterocycles. The van der Waals surface area contributed by atoms with Crippen molar-refractivity contribution < 1.29 is 17.6 Å². The van der Waals surface area contributed by atoms with Gasteiger partial charge in [-0.25, -0.2) is 0 Å². The molecule has 0 N–H and O–H groups in total. The average Bonchev–Trinajstić information content (AvgIpc) is 3.34. The van der Waals surface area contributed by atoms with Crippen LogP contribution in [0.4, 0.5) is 13.2 Å². The molecule has 0 aliphatic rings. The molecule has 0 amide bonds. The number of furan rings is 1. The number of nitrogens with zero attached hydrogens (tertiary/aromatic N) is 2. The number of hydrogen-bond donors (Lipinski definition) is 0. The van der Waals surface area contributed by atoms with Crippen LogP contribution in [-0.2, 0) is 6.18 Å². The van der Waals surface area contributed by atoms with Crippen LogP contribution in [0.25, 0.3) is 45.2 Å². The first kappa shape index (κ1) is 23.1.